The minimum absolute atomic E-state index is 0.0304. The third-order valence-corrected chi connectivity index (χ3v) is 5.29. The zero-order valence-electron chi connectivity index (χ0n) is 14.4. The molecule has 0 atom stereocenters. The van der Waals surface area contributed by atoms with E-state index in [4.69, 9.17) is 0 Å². The summed E-state index contributed by atoms with van der Waals surface area (Å²) >= 11 is 2.99. The number of aromatic nitrogens is 2. The maximum absolute atomic E-state index is 11.1. The number of hydrogen-bond acceptors (Lipinski definition) is 7. The van der Waals surface area contributed by atoms with Gasteiger partial charge in [0.2, 0.25) is 4.80 Å². The van der Waals surface area contributed by atoms with Gasteiger partial charge < -0.3 is 0 Å². The third-order valence-electron chi connectivity index (χ3n) is 3.77. The number of nitro benzene ring substituents is 1. The summed E-state index contributed by atoms with van der Waals surface area (Å²) in [6, 6.07) is 12.1. The van der Waals surface area contributed by atoms with Gasteiger partial charge in [0.15, 0.2) is 0 Å². The first-order valence-electron chi connectivity index (χ1n) is 8.17. The van der Waals surface area contributed by atoms with Gasteiger partial charge in [0.1, 0.15) is 0 Å². The Morgan fingerprint density at radius 1 is 1.18 bits per heavy atom. The van der Waals surface area contributed by atoms with E-state index < -0.39 is 4.92 Å². The van der Waals surface area contributed by atoms with E-state index in [1.54, 1.807) is 40.7 Å². The predicted octanol–water partition coefficient (Wildman–Crippen LogP) is 4.70. The fraction of sp³-hybridized carbons (Fsp3) is 0. The number of thiazole rings is 1. The van der Waals surface area contributed by atoms with Crippen molar-refractivity contribution in [3.63, 3.8) is 0 Å². The van der Waals surface area contributed by atoms with Gasteiger partial charge >= 0.3 is 0 Å². The number of non-ortho nitro benzene ring substituents is 1. The Morgan fingerprint density at radius 3 is 2.86 bits per heavy atom. The second-order valence-electron chi connectivity index (χ2n) is 5.65. The van der Waals surface area contributed by atoms with Crippen molar-refractivity contribution in [1.29, 1.82) is 0 Å². The van der Waals surface area contributed by atoms with E-state index in [0.717, 1.165) is 11.3 Å². The molecular formula is C19H13N5O2S2. The largest absolute Gasteiger partial charge is 0.270 e. The molecule has 9 heteroatoms. The summed E-state index contributed by atoms with van der Waals surface area (Å²) < 4.78 is 1.69. The van der Waals surface area contributed by atoms with Gasteiger partial charge in [-0.3, -0.25) is 15.1 Å². The molecule has 0 aliphatic carbocycles. The van der Waals surface area contributed by atoms with Crippen LogP contribution in [0.5, 0.6) is 0 Å². The minimum atomic E-state index is -0.407. The van der Waals surface area contributed by atoms with Crippen LogP contribution in [0.3, 0.4) is 0 Å². The van der Waals surface area contributed by atoms with Crippen LogP contribution in [-0.2, 0) is 0 Å². The average Bonchev–Trinajstić information content (AvgIpc) is 3.37. The second-order valence-corrected chi connectivity index (χ2v) is 7.26. The first-order valence-corrected chi connectivity index (χ1v) is 9.99. The predicted molar refractivity (Wildman–Crippen MR) is 111 cm³/mol. The fourth-order valence-corrected chi connectivity index (χ4v) is 3.94. The molecule has 1 aromatic carbocycles. The Balaban J connectivity index is 1.86. The van der Waals surface area contributed by atoms with Gasteiger partial charge in [0.05, 0.1) is 28.7 Å². The molecule has 28 heavy (non-hydrogen) atoms. The topological polar surface area (TPSA) is 85.7 Å². The molecule has 138 valence electrons. The SMILES string of the molecule is O=[N+]([O-])c1cccc(-c2csc(=Nc3cccnc3)n2N=Cc2ccsc2)c1. The number of thiophene rings is 1. The molecule has 0 N–H and O–H groups in total. The Morgan fingerprint density at radius 2 is 2.11 bits per heavy atom. The van der Waals surface area contributed by atoms with Crippen LogP contribution in [-0.4, -0.2) is 20.8 Å². The molecule has 0 radical (unpaired) electrons. The highest BCUT2D eigenvalue weighted by atomic mass is 32.1. The van der Waals surface area contributed by atoms with Crippen LogP contribution < -0.4 is 4.80 Å². The Hall–Kier alpha value is -3.43. The highest BCUT2D eigenvalue weighted by Crippen LogP contribution is 2.25. The van der Waals surface area contributed by atoms with Crippen LogP contribution in [0.2, 0.25) is 0 Å². The number of benzene rings is 1. The number of hydrogen-bond donors (Lipinski definition) is 0. The molecule has 4 rings (SSSR count). The molecule has 4 aromatic rings. The summed E-state index contributed by atoms with van der Waals surface area (Å²) in [5.74, 6) is 0. The molecular weight excluding hydrogens is 394 g/mol. The molecule has 0 aliphatic heterocycles. The zero-order chi connectivity index (χ0) is 19.3. The molecule has 0 fully saturated rings. The van der Waals surface area contributed by atoms with Gasteiger partial charge in [-0.25, -0.2) is 9.67 Å². The van der Waals surface area contributed by atoms with E-state index in [1.807, 2.05) is 40.4 Å². The quantitative estimate of drug-likeness (QED) is 0.273. The van der Waals surface area contributed by atoms with Gasteiger partial charge in [-0.15, -0.1) is 11.3 Å². The van der Waals surface area contributed by atoms with Gasteiger partial charge in [0.25, 0.3) is 5.69 Å². The number of nitrogens with zero attached hydrogens (tertiary/aromatic N) is 5. The van der Waals surface area contributed by atoms with E-state index in [2.05, 4.69) is 15.1 Å². The van der Waals surface area contributed by atoms with E-state index in [9.17, 15) is 10.1 Å². The van der Waals surface area contributed by atoms with Crippen molar-refractivity contribution in [3.05, 3.63) is 91.5 Å². The Bertz CT molecular complexity index is 1190. The van der Waals surface area contributed by atoms with Crippen molar-refractivity contribution in [3.8, 4) is 11.3 Å². The van der Waals surface area contributed by atoms with Gasteiger partial charge in [0, 0.05) is 34.8 Å². The molecule has 0 saturated carbocycles. The Kier molecular flexibility index (Phi) is 5.18. The van der Waals surface area contributed by atoms with E-state index in [0.29, 0.717) is 16.1 Å². The summed E-state index contributed by atoms with van der Waals surface area (Å²) in [5, 5.41) is 21.6. The minimum Gasteiger partial charge on any atom is -0.262 e. The van der Waals surface area contributed by atoms with E-state index in [-0.39, 0.29) is 5.69 Å². The number of rotatable bonds is 5. The van der Waals surface area contributed by atoms with Crippen LogP contribution in [0, 0.1) is 10.1 Å². The molecule has 7 nitrogen and oxygen atoms in total. The van der Waals surface area contributed by atoms with Crippen LogP contribution in [0.4, 0.5) is 11.4 Å². The first kappa shape index (κ1) is 18.0. The van der Waals surface area contributed by atoms with Crippen molar-refractivity contribution < 1.29 is 4.92 Å². The van der Waals surface area contributed by atoms with Crippen molar-refractivity contribution >= 4 is 40.3 Å². The molecule has 0 unspecified atom stereocenters. The number of nitro groups is 1. The lowest BCUT2D eigenvalue weighted by atomic mass is 10.1. The summed E-state index contributed by atoms with van der Waals surface area (Å²) in [5.41, 5.74) is 3.13. The summed E-state index contributed by atoms with van der Waals surface area (Å²) in [6.07, 6.45) is 5.09. The Labute approximate surface area is 167 Å². The first-order chi connectivity index (χ1) is 13.7. The monoisotopic (exact) mass is 407 g/mol. The van der Waals surface area contributed by atoms with Crippen LogP contribution in [0.1, 0.15) is 5.56 Å². The summed E-state index contributed by atoms with van der Waals surface area (Å²) in [4.78, 5) is 20.1. The zero-order valence-corrected chi connectivity index (χ0v) is 16.0. The molecule has 0 aliphatic rings. The fourth-order valence-electron chi connectivity index (χ4n) is 2.47. The van der Waals surface area contributed by atoms with Crippen molar-refractivity contribution in [1.82, 2.24) is 9.66 Å². The standard InChI is InChI=1S/C19H13N5O2S2/c25-24(26)17-5-1-3-15(9-17)18-13-28-19(22-16-4-2-7-20-11-16)23(18)21-10-14-6-8-27-12-14/h1-13H. The number of pyridine rings is 1. The lowest BCUT2D eigenvalue weighted by Gasteiger charge is -2.03. The van der Waals surface area contributed by atoms with Gasteiger partial charge in [-0.05, 0) is 29.0 Å². The van der Waals surface area contributed by atoms with Crippen molar-refractivity contribution in [2.45, 2.75) is 0 Å². The van der Waals surface area contributed by atoms with Crippen molar-refractivity contribution in [2.75, 3.05) is 0 Å². The highest BCUT2D eigenvalue weighted by Gasteiger charge is 2.12. The van der Waals surface area contributed by atoms with Crippen LogP contribution in [0.25, 0.3) is 11.3 Å². The van der Waals surface area contributed by atoms with E-state index >= 15 is 0 Å². The molecule has 0 bridgehead atoms. The van der Waals surface area contributed by atoms with Gasteiger partial charge in [-0.2, -0.15) is 16.4 Å². The smallest absolute Gasteiger partial charge is 0.262 e. The summed E-state index contributed by atoms with van der Waals surface area (Å²) in [6.45, 7) is 0. The third kappa shape index (κ3) is 3.95. The average molecular weight is 407 g/mol. The second kappa shape index (κ2) is 8.07. The molecule has 0 amide bonds. The van der Waals surface area contributed by atoms with Crippen LogP contribution in [0.15, 0.2) is 81.1 Å². The van der Waals surface area contributed by atoms with Crippen molar-refractivity contribution in [2.24, 2.45) is 10.1 Å². The molecule has 3 aromatic heterocycles. The molecule has 0 saturated heterocycles. The normalized spacial score (nSPS) is 11.9. The summed E-state index contributed by atoms with van der Waals surface area (Å²) in [7, 11) is 0. The lowest BCUT2D eigenvalue weighted by Crippen LogP contribution is -2.11. The van der Waals surface area contributed by atoms with Gasteiger partial charge in [-0.1, -0.05) is 12.1 Å². The lowest BCUT2D eigenvalue weighted by molar-refractivity contribution is -0.384. The maximum atomic E-state index is 11.1. The van der Waals surface area contributed by atoms with E-state index in [1.165, 1.54) is 23.5 Å². The highest BCUT2D eigenvalue weighted by molar-refractivity contribution is 7.08. The molecule has 0 spiro atoms. The maximum Gasteiger partial charge on any atom is 0.270 e. The van der Waals surface area contributed by atoms with Crippen LogP contribution >= 0.6 is 22.7 Å². The molecule has 3 heterocycles.